The van der Waals surface area contributed by atoms with Gasteiger partial charge in [-0.3, -0.25) is 4.79 Å². The molecule has 0 heterocycles. The summed E-state index contributed by atoms with van der Waals surface area (Å²) in [5.74, 6) is 0.919. The molecule has 1 aromatic rings. The maximum atomic E-state index is 11.9. The van der Waals surface area contributed by atoms with E-state index in [1.165, 1.54) is 25.7 Å². The van der Waals surface area contributed by atoms with E-state index in [0.717, 1.165) is 24.4 Å². The van der Waals surface area contributed by atoms with Crippen molar-refractivity contribution in [1.82, 2.24) is 5.32 Å². The molecule has 110 valence electrons. The molecule has 1 aliphatic carbocycles. The highest BCUT2D eigenvalue weighted by atomic mass is 16.3. The molecule has 4 nitrogen and oxygen atoms in total. The molecule has 4 heteroatoms. The molecule has 1 fully saturated rings. The third kappa shape index (κ3) is 4.53. The Bertz CT molecular complexity index is 425. The largest absolute Gasteiger partial charge is 0.508 e. The van der Waals surface area contributed by atoms with Crippen molar-refractivity contribution >= 4 is 5.91 Å². The summed E-state index contributed by atoms with van der Waals surface area (Å²) >= 11 is 0. The Kier molecular flexibility index (Phi) is 5.41. The van der Waals surface area contributed by atoms with Crippen LogP contribution in [-0.2, 0) is 11.2 Å². The third-order valence-corrected chi connectivity index (χ3v) is 4.06. The maximum absolute atomic E-state index is 11.9. The number of amides is 1. The predicted molar refractivity (Wildman–Crippen MR) is 79.4 cm³/mol. The molecule has 0 radical (unpaired) electrons. The molecule has 1 unspecified atom stereocenters. The Hall–Kier alpha value is -1.55. The van der Waals surface area contributed by atoms with Crippen LogP contribution in [0.25, 0.3) is 0 Å². The number of hydrogen-bond acceptors (Lipinski definition) is 3. The fourth-order valence-electron chi connectivity index (χ4n) is 2.81. The van der Waals surface area contributed by atoms with Crippen LogP contribution in [0.1, 0.15) is 37.7 Å². The summed E-state index contributed by atoms with van der Waals surface area (Å²) in [6, 6.07) is 6.28. The van der Waals surface area contributed by atoms with Crippen molar-refractivity contribution in [3.8, 4) is 5.75 Å². The molecule has 1 amide bonds. The van der Waals surface area contributed by atoms with Crippen LogP contribution in [0.3, 0.4) is 0 Å². The van der Waals surface area contributed by atoms with Gasteiger partial charge >= 0.3 is 0 Å². The lowest BCUT2D eigenvalue weighted by Crippen LogP contribution is -2.42. The number of rotatable bonds is 6. The van der Waals surface area contributed by atoms with E-state index in [0.29, 0.717) is 6.42 Å². The summed E-state index contributed by atoms with van der Waals surface area (Å²) in [5, 5.41) is 12.1. The van der Waals surface area contributed by atoms with Crippen LogP contribution < -0.4 is 11.1 Å². The van der Waals surface area contributed by atoms with Crippen molar-refractivity contribution in [2.45, 2.75) is 44.6 Å². The molecule has 2 rings (SSSR count). The number of benzene rings is 1. The summed E-state index contributed by atoms with van der Waals surface area (Å²) in [4.78, 5) is 11.9. The van der Waals surface area contributed by atoms with Crippen molar-refractivity contribution in [3.05, 3.63) is 29.8 Å². The molecular formula is C16H24N2O2. The molecule has 20 heavy (non-hydrogen) atoms. The van der Waals surface area contributed by atoms with Crippen LogP contribution >= 0.6 is 0 Å². The Morgan fingerprint density at radius 3 is 2.60 bits per heavy atom. The first-order valence-corrected chi connectivity index (χ1v) is 7.46. The van der Waals surface area contributed by atoms with Gasteiger partial charge in [-0.15, -0.1) is 0 Å². The fraction of sp³-hybridized carbons (Fsp3) is 0.562. The highest BCUT2D eigenvalue weighted by molar-refractivity contribution is 5.81. The van der Waals surface area contributed by atoms with E-state index in [1.54, 1.807) is 24.3 Å². The van der Waals surface area contributed by atoms with Crippen molar-refractivity contribution in [2.24, 2.45) is 11.7 Å². The number of carbonyl (C=O) groups is 1. The standard InChI is InChI=1S/C16H24N2O2/c17-15(11-13-5-7-14(19)8-6-13)16(20)18-10-9-12-3-1-2-4-12/h5-8,12,15,19H,1-4,9-11,17H2,(H,18,20). The molecule has 1 atom stereocenters. The lowest BCUT2D eigenvalue weighted by Gasteiger charge is -2.14. The predicted octanol–water partition coefficient (Wildman–Crippen LogP) is 1.96. The van der Waals surface area contributed by atoms with Gasteiger partial charge in [-0.25, -0.2) is 0 Å². The smallest absolute Gasteiger partial charge is 0.237 e. The lowest BCUT2D eigenvalue weighted by molar-refractivity contribution is -0.122. The summed E-state index contributed by atoms with van der Waals surface area (Å²) in [6.45, 7) is 0.729. The van der Waals surface area contributed by atoms with E-state index in [4.69, 9.17) is 5.73 Å². The maximum Gasteiger partial charge on any atom is 0.237 e. The van der Waals surface area contributed by atoms with Crippen LogP contribution in [0.2, 0.25) is 0 Å². The zero-order valence-corrected chi connectivity index (χ0v) is 11.8. The van der Waals surface area contributed by atoms with E-state index < -0.39 is 6.04 Å². The Morgan fingerprint density at radius 2 is 1.95 bits per heavy atom. The van der Waals surface area contributed by atoms with Crippen LogP contribution in [0, 0.1) is 5.92 Å². The molecule has 0 spiro atoms. The number of phenols is 1. The van der Waals surface area contributed by atoms with Crippen molar-refractivity contribution < 1.29 is 9.90 Å². The summed E-state index contributed by atoms with van der Waals surface area (Å²) in [6.07, 6.45) is 6.83. The summed E-state index contributed by atoms with van der Waals surface area (Å²) < 4.78 is 0. The number of nitrogens with one attached hydrogen (secondary N) is 1. The van der Waals surface area contributed by atoms with Gasteiger partial charge in [0.2, 0.25) is 5.91 Å². The zero-order valence-electron chi connectivity index (χ0n) is 11.8. The first-order chi connectivity index (χ1) is 9.65. The minimum atomic E-state index is -0.525. The van der Waals surface area contributed by atoms with E-state index in [-0.39, 0.29) is 11.7 Å². The van der Waals surface area contributed by atoms with Gasteiger partial charge in [-0.05, 0) is 36.5 Å². The fourth-order valence-corrected chi connectivity index (χ4v) is 2.81. The SMILES string of the molecule is NC(Cc1ccc(O)cc1)C(=O)NCCC1CCCC1. The van der Waals surface area contributed by atoms with E-state index >= 15 is 0 Å². The minimum Gasteiger partial charge on any atom is -0.508 e. The third-order valence-electron chi connectivity index (χ3n) is 4.06. The van der Waals surface area contributed by atoms with Crippen LogP contribution in [0.15, 0.2) is 24.3 Å². The topological polar surface area (TPSA) is 75.3 Å². The van der Waals surface area contributed by atoms with E-state index in [9.17, 15) is 9.90 Å². The Labute approximate surface area is 120 Å². The zero-order chi connectivity index (χ0) is 14.4. The van der Waals surface area contributed by atoms with Crippen LogP contribution in [0.5, 0.6) is 5.75 Å². The first-order valence-electron chi connectivity index (χ1n) is 7.46. The molecular weight excluding hydrogens is 252 g/mol. The number of hydrogen-bond donors (Lipinski definition) is 3. The van der Waals surface area contributed by atoms with Crippen LogP contribution in [-0.4, -0.2) is 23.6 Å². The highest BCUT2D eigenvalue weighted by Crippen LogP contribution is 2.26. The number of carbonyl (C=O) groups excluding carboxylic acids is 1. The van der Waals surface area contributed by atoms with Crippen molar-refractivity contribution in [2.75, 3.05) is 6.54 Å². The lowest BCUT2D eigenvalue weighted by atomic mass is 10.0. The summed E-state index contributed by atoms with van der Waals surface area (Å²) in [7, 11) is 0. The Balaban J connectivity index is 1.69. The molecule has 0 aliphatic heterocycles. The van der Waals surface area contributed by atoms with Gasteiger partial charge < -0.3 is 16.2 Å². The monoisotopic (exact) mass is 276 g/mol. The normalized spacial score (nSPS) is 17.1. The van der Waals surface area contributed by atoms with Gasteiger partial charge in [0.05, 0.1) is 6.04 Å². The highest BCUT2D eigenvalue weighted by Gasteiger charge is 2.17. The van der Waals surface area contributed by atoms with Gasteiger partial charge in [0.25, 0.3) is 0 Å². The molecule has 1 aromatic carbocycles. The minimum absolute atomic E-state index is 0.0870. The average molecular weight is 276 g/mol. The number of phenolic OH excluding ortho intramolecular Hbond substituents is 1. The molecule has 0 aromatic heterocycles. The molecule has 1 saturated carbocycles. The molecule has 0 bridgehead atoms. The van der Waals surface area contributed by atoms with Crippen LogP contribution in [0.4, 0.5) is 0 Å². The molecule has 0 saturated heterocycles. The van der Waals surface area contributed by atoms with Crippen molar-refractivity contribution in [1.29, 1.82) is 0 Å². The molecule has 1 aliphatic rings. The second kappa shape index (κ2) is 7.29. The van der Waals surface area contributed by atoms with Gasteiger partial charge in [0.1, 0.15) is 5.75 Å². The van der Waals surface area contributed by atoms with Crippen molar-refractivity contribution in [3.63, 3.8) is 0 Å². The van der Waals surface area contributed by atoms with Gasteiger partial charge in [-0.2, -0.15) is 0 Å². The molecule has 4 N–H and O–H groups in total. The second-order valence-electron chi connectivity index (χ2n) is 5.71. The second-order valence-corrected chi connectivity index (χ2v) is 5.71. The van der Waals surface area contributed by atoms with E-state index in [2.05, 4.69) is 5.32 Å². The Morgan fingerprint density at radius 1 is 1.30 bits per heavy atom. The number of nitrogens with two attached hydrogens (primary N) is 1. The van der Waals surface area contributed by atoms with Gasteiger partial charge in [0.15, 0.2) is 0 Å². The quantitative estimate of drug-likeness (QED) is 0.743. The van der Waals surface area contributed by atoms with Gasteiger partial charge in [0, 0.05) is 6.54 Å². The van der Waals surface area contributed by atoms with Gasteiger partial charge in [-0.1, -0.05) is 37.8 Å². The number of aromatic hydroxyl groups is 1. The summed E-state index contributed by atoms with van der Waals surface area (Å²) in [5.41, 5.74) is 6.87. The first kappa shape index (κ1) is 14.9. The van der Waals surface area contributed by atoms with E-state index in [1.807, 2.05) is 0 Å². The average Bonchev–Trinajstić information content (AvgIpc) is 2.94.